The third-order valence-corrected chi connectivity index (χ3v) is 4.33. The highest BCUT2D eigenvalue weighted by molar-refractivity contribution is 6.29. The second-order valence-corrected chi connectivity index (χ2v) is 6.65. The first-order valence-corrected chi connectivity index (χ1v) is 9.39. The van der Waals surface area contributed by atoms with E-state index in [-0.39, 0.29) is 28.1 Å². The highest BCUT2D eigenvalue weighted by Gasteiger charge is 2.20. The van der Waals surface area contributed by atoms with Crippen molar-refractivity contribution in [3.8, 4) is 0 Å². The Hall–Kier alpha value is -4.72. The predicted molar refractivity (Wildman–Crippen MR) is 118 cm³/mol. The van der Waals surface area contributed by atoms with Gasteiger partial charge in [0.1, 0.15) is 5.57 Å². The van der Waals surface area contributed by atoms with Crippen molar-refractivity contribution in [2.24, 2.45) is 0 Å². The number of amides is 2. The molecule has 4 N–H and O–H groups in total. The van der Waals surface area contributed by atoms with Crippen molar-refractivity contribution < 1.29 is 29.4 Å². The third-order valence-electron chi connectivity index (χ3n) is 4.33. The zero-order valence-corrected chi connectivity index (χ0v) is 16.6. The summed E-state index contributed by atoms with van der Waals surface area (Å²) in [6.45, 7) is 0. The minimum Gasteiger partial charge on any atom is -0.478 e. The highest BCUT2D eigenvalue weighted by Crippen LogP contribution is 2.17. The summed E-state index contributed by atoms with van der Waals surface area (Å²) >= 11 is 0. The van der Waals surface area contributed by atoms with E-state index in [1.54, 1.807) is 30.3 Å². The molecule has 3 aromatic carbocycles. The molecule has 8 nitrogen and oxygen atoms in total. The fraction of sp³-hybridized carbons (Fsp3) is 0. The topological polar surface area (TPSA) is 133 Å². The van der Waals surface area contributed by atoms with Crippen LogP contribution < -0.4 is 10.6 Å². The Morgan fingerprint density at radius 1 is 0.625 bits per heavy atom. The maximum Gasteiger partial charge on any atom is 0.335 e. The lowest BCUT2D eigenvalue weighted by atomic mass is 10.1. The largest absolute Gasteiger partial charge is 0.478 e. The van der Waals surface area contributed by atoms with Crippen LogP contribution in [0.5, 0.6) is 0 Å². The zero-order chi connectivity index (χ0) is 23.1. The lowest BCUT2D eigenvalue weighted by Crippen LogP contribution is -2.25. The van der Waals surface area contributed by atoms with Crippen molar-refractivity contribution in [1.82, 2.24) is 0 Å². The first-order valence-electron chi connectivity index (χ1n) is 9.39. The summed E-state index contributed by atoms with van der Waals surface area (Å²) in [7, 11) is 0. The number of carboxylic acid groups (broad SMARTS) is 2. The molecule has 0 heterocycles. The van der Waals surface area contributed by atoms with Gasteiger partial charge in [0.25, 0.3) is 11.8 Å². The van der Waals surface area contributed by atoms with Gasteiger partial charge in [0.05, 0.1) is 11.1 Å². The van der Waals surface area contributed by atoms with Crippen LogP contribution in [0.15, 0.2) is 84.4 Å². The van der Waals surface area contributed by atoms with Crippen molar-refractivity contribution in [1.29, 1.82) is 0 Å². The summed E-state index contributed by atoms with van der Waals surface area (Å²) in [5.41, 5.74) is 0.700. The van der Waals surface area contributed by atoms with Gasteiger partial charge in [0.15, 0.2) is 0 Å². The van der Waals surface area contributed by atoms with Crippen LogP contribution in [0.4, 0.5) is 11.4 Å². The number of benzene rings is 3. The molecule has 0 bridgehead atoms. The first kappa shape index (κ1) is 22.0. The van der Waals surface area contributed by atoms with E-state index in [9.17, 15) is 19.2 Å². The molecule has 2 amide bonds. The molecule has 8 heteroatoms. The smallest absolute Gasteiger partial charge is 0.335 e. The molecule has 0 radical (unpaired) electrons. The van der Waals surface area contributed by atoms with Gasteiger partial charge in [-0.3, -0.25) is 9.59 Å². The Morgan fingerprint density at radius 2 is 1.09 bits per heavy atom. The number of carbonyl (C=O) groups excluding carboxylic acids is 2. The maximum absolute atomic E-state index is 12.9. The van der Waals surface area contributed by atoms with E-state index in [0.717, 1.165) is 0 Å². The summed E-state index contributed by atoms with van der Waals surface area (Å²) in [5, 5.41) is 23.3. The van der Waals surface area contributed by atoms with Crippen molar-refractivity contribution in [3.63, 3.8) is 0 Å². The molecule has 160 valence electrons. The standard InChI is InChI=1S/C24H18N2O6/c27-21(25-18-10-4-8-16(13-18)23(29)30)20(12-15-6-2-1-3-7-15)22(28)26-19-11-5-9-17(14-19)24(31)32/h1-14H,(H,25,27)(H,26,28)(H,29,30)(H,31,32). The number of hydrogen-bond donors (Lipinski definition) is 4. The van der Waals surface area contributed by atoms with E-state index in [1.165, 1.54) is 54.6 Å². The van der Waals surface area contributed by atoms with E-state index >= 15 is 0 Å². The summed E-state index contributed by atoms with van der Waals surface area (Å²) in [5.74, 6) is -3.83. The van der Waals surface area contributed by atoms with Gasteiger partial charge in [0.2, 0.25) is 0 Å². The van der Waals surface area contributed by atoms with Gasteiger partial charge in [-0.25, -0.2) is 9.59 Å². The Labute approximate surface area is 182 Å². The second-order valence-electron chi connectivity index (χ2n) is 6.65. The van der Waals surface area contributed by atoms with E-state index < -0.39 is 23.8 Å². The van der Waals surface area contributed by atoms with Gasteiger partial charge in [-0.05, 0) is 48.0 Å². The number of aromatic carboxylic acids is 2. The Bertz CT molecular complexity index is 1140. The van der Waals surface area contributed by atoms with Crippen molar-refractivity contribution in [3.05, 3.63) is 101 Å². The number of nitrogens with one attached hydrogen (secondary N) is 2. The number of hydrogen-bond acceptors (Lipinski definition) is 4. The quantitative estimate of drug-likeness (QED) is 0.256. The van der Waals surface area contributed by atoms with E-state index in [4.69, 9.17) is 10.2 Å². The average Bonchev–Trinajstić information content (AvgIpc) is 2.78. The van der Waals surface area contributed by atoms with Gasteiger partial charge in [-0.15, -0.1) is 0 Å². The van der Waals surface area contributed by atoms with Crippen LogP contribution in [0, 0.1) is 0 Å². The summed E-state index contributed by atoms with van der Waals surface area (Å²) < 4.78 is 0. The molecule has 0 atom stereocenters. The molecule has 0 aliphatic rings. The molecule has 0 aromatic heterocycles. The molecule has 0 unspecified atom stereocenters. The van der Waals surface area contributed by atoms with Gasteiger partial charge >= 0.3 is 11.9 Å². The fourth-order valence-corrected chi connectivity index (χ4v) is 2.81. The van der Waals surface area contributed by atoms with Gasteiger partial charge in [-0.1, -0.05) is 42.5 Å². The van der Waals surface area contributed by atoms with Crippen LogP contribution in [0.2, 0.25) is 0 Å². The van der Waals surface area contributed by atoms with Crippen LogP contribution in [0.3, 0.4) is 0 Å². The van der Waals surface area contributed by atoms with E-state index in [2.05, 4.69) is 10.6 Å². The molecule has 3 aromatic rings. The monoisotopic (exact) mass is 430 g/mol. The molecule has 0 aliphatic carbocycles. The van der Waals surface area contributed by atoms with Crippen molar-refractivity contribution in [2.75, 3.05) is 10.6 Å². The first-order chi connectivity index (χ1) is 15.3. The second kappa shape index (κ2) is 9.86. The summed E-state index contributed by atoms with van der Waals surface area (Å²) in [4.78, 5) is 48.2. The molecule has 0 spiro atoms. The van der Waals surface area contributed by atoms with Crippen LogP contribution in [-0.4, -0.2) is 34.0 Å². The average molecular weight is 430 g/mol. The zero-order valence-electron chi connectivity index (χ0n) is 16.6. The number of rotatable bonds is 7. The molecule has 0 fully saturated rings. The third kappa shape index (κ3) is 5.67. The molecule has 3 rings (SSSR count). The number of anilines is 2. The molecule has 0 aliphatic heterocycles. The normalized spacial score (nSPS) is 10.0. The molecular formula is C24H18N2O6. The fourth-order valence-electron chi connectivity index (χ4n) is 2.81. The minimum atomic E-state index is -1.16. The summed E-state index contributed by atoms with van der Waals surface area (Å²) in [6.07, 6.45) is 1.38. The van der Waals surface area contributed by atoms with Gasteiger partial charge in [0, 0.05) is 11.4 Å². The molecule has 0 saturated heterocycles. The molecular weight excluding hydrogens is 412 g/mol. The molecule has 0 saturated carbocycles. The molecule has 32 heavy (non-hydrogen) atoms. The van der Waals surface area contributed by atoms with Gasteiger partial charge < -0.3 is 20.8 Å². The van der Waals surface area contributed by atoms with Crippen LogP contribution in [-0.2, 0) is 9.59 Å². The lowest BCUT2D eigenvalue weighted by molar-refractivity contribution is -0.118. The van der Waals surface area contributed by atoms with E-state index in [0.29, 0.717) is 5.56 Å². The summed E-state index contributed by atoms with van der Waals surface area (Å²) in [6, 6.07) is 19.9. The van der Waals surface area contributed by atoms with Gasteiger partial charge in [-0.2, -0.15) is 0 Å². The SMILES string of the molecule is O=C(Nc1cccc(C(=O)O)c1)C(=Cc1ccccc1)C(=O)Nc1cccc(C(=O)O)c1. The van der Waals surface area contributed by atoms with Crippen LogP contribution >= 0.6 is 0 Å². The Kier molecular flexibility index (Phi) is 6.77. The van der Waals surface area contributed by atoms with E-state index in [1.807, 2.05) is 0 Å². The minimum absolute atomic E-state index is 0.0219. The lowest BCUT2D eigenvalue weighted by Gasteiger charge is -2.11. The predicted octanol–water partition coefficient (Wildman–Crippen LogP) is 3.74. The van der Waals surface area contributed by atoms with Crippen LogP contribution in [0.1, 0.15) is 26.3 Å². The number of carbonyl (C=O) groups is 4. The van der Waals surface area contributed by atoms with Crippen molar-refractivity contribution >= 4 is 41.2 Å². The Morgan fingerprint density at radius 3 is 1.53 bits per heavy atom. The van der Waals surface area contributed by atoms with Crippen molar-refractivity contribution in [2.45, 2.75) is 0 Å². The van der Waals surface area contributed by atoms with Crippen LogP contribution in [0.25, 0.3) is 6.08 Å². The number of carboxylic acids is 2. The maximum atomic E-state index is 12.9. The Balaban J connectivity index is 1.91. The highest BCUT2D eigenvalue weighted by atomic mass is 16.4.